The van der Waals surface area contributed by atoms with Crippen molar-refractivity contribution in [2.24, 2.45) is 17.3 Å². The number of nitrogens with zero attached hydrogens (tertiary/aromatic N) is 2. The molecule has 0 saturated heterocycles. The van der Waals surface area contributed by atoms with Gasteiger partial charge in [-0.25, -0.2) is 22.7 Å². The van der Waals surface area contributed by atoms with Crippen molar-refractivity contribution in [3.8, 4) is 0 Å². The lowest BCUT2D eigenvalue weighted by Gasteiger charge is -2.34. The molecule has 7 nitrogen and oxygen atoms in total. The van der Waals surface area contributed by atoms with Crippen LogP contribution >= 0.6 is 0 Å². The summed E-state index contributed by atoms with van der Waals surface area (Å²) in [5.74, 6) is -2.75. The quantitative estimate of drug-likeness (QED) is 0.111. The highest BCUT2D eigenvalue weighted by Gasteiger charge is 2.64. The van der Waals surface area contributed by atoms with Crippen molar-refractivity contribution in [1.82, 2.24) is 19.6 Å². The first-order valence-corrected chi connectivity index (χ1v) is 21.5. The topological polar surface area (TPSA) is 85.3 Å². The summed E-state index contributed by atoms with van der Waals surface area (Å²) in [5.41, 5.74) is 0.152. The predicted octanol–water partition coefficient (Wildman–Crippen LogP) is 8.18. The summed E-state index contributed by atoms with van der Waals surface area (Å²) in [6.45, 7) is 12.5. The SMILES string of the molecule is CC(C)(C)[S@@](=O)N[C@@H](CC1(C(F)(F)F)CC1)c1nc2ccc([C@H](NC(=O)CC3CC(F)(F)C3)C3CC3)cc2n1COCC[Si](C)(C)C. The fraction of sp³-hybridized carbons (Fsp3) is 0.758. The van der Waals surface area contributed by atoms with Gasteiger partial charge >= 0.3 is 6.18 Å². The highest BCUT2D eigenvalue weighted by Crippen LogP contribution is 2.62. The minimum Gasteiger partial charge on any atom is -0.361 e. The smallest absolute Gasteiger partial charge is 0.361 e. The number of ether oxygens (including phenoxy) is 1. The van der Waals surface area contributed by atoms with E-state index in [1.54, 1.807) is 31.4 Å². The van der Waals surface area contributed by atoms with Crippen LogP contribution in [0, 0.1) is 17.3 Å². The standard InChI is InChI=1S/C33H49F5N4O3SSi/c1-30(2,3)46(44)41-25(19-31(11-12-31)33(36,37)38)29-39-24-10-9-23(16-26(24)42(29)20-45-13-14-47(4,5)6)28(22-7-8-22)40-27(43)15-21-17-32(34,35)18-21/h9-10,16,21-22,25,28,41H,7-8,11-15,17-20H2,1-6H3,(H,40,43)/t25-,28+,46+/m0/s1. The summed E-state index contributed by atoms with van der Waals surface area (Å²) in [6, 6.07) is 5.18. The Morgan fingerprint density at radius 3 is 2.34 bits per heavy atom. The zero-order valence-corrected chi connectivity index (χ0v) is 30.1. The van der Waals surface area contributed by atoms with Crippen molar-refractivity contribution in [2.75, 3.05) is 6.61 Å². The maximum Gasteiger partial charge on any atom is 0.394 e. The molecule has 264 valence electrons. The number of imidazole rings is 1. The van der Waals surface area contributed by atoms with Gasteiger partial charge in [0.05, 0.1) is 44.3 Å². The van der Waals surface area contributed by atoms with Crippen LogP contribution in [0.1, 0.15) is 95.6 Å². The summed E-state index contributed by atoms with van der Waals surface area (Å²) in [5, 5.41) is 3.09. The van der Waals surface area contributed by atoms with E-state index in [0.717, 1.165) is 24.4 Å². The van der Waals surface area contributed by atoms with Crippen LogP contribution < -0.4 is 10.0 Å². The van der Waals surface area contributed by atoms with Crippen molar-refractivity contribution < 1.29 is 35.7 Å². The lowest BCUT2D eigenvalue weighted by atomic mass is 9.79. The van der Waals surface area contributed by atoms with Crippen molar-refractivity contribution >= 4 is 36.0 Å². The number of nitrogens with one attached hydrogen (secondary N) is 2. The van der Waals surface area contributed by atoms with Crippen molar-refractivity contribution in [3.63, 3.8) is 0 Å². The summed E-state index contributed by atoms with van der Waals surface area (Å²) < 4.78 is 93.1. The predicted molar refractivity (Wildman–Crippen MR) is 176 cm³/mol. The summed E-state index contributed by atoms with van der Waals surface area (Å²) in [4.78, 5) is 17.8. The summed E-state index contributed by atoms with van der Waals surface area (Å²) in [6.07, 6.45) is -3.35. The van der Waals surface area contributed by atoms with Crippen molar-refractivity contribution in [1.29, 1.82) is 0 Å². The molecule has 0 unspecified atom stereocenters. The molecular formula is C33H49F5N4O3SSi. The van der Waals surface area contributed by atoms with Gasteiger partial charge in [0.1, 0.15) is 12.6 Å². The molecule has 3 atom stereocenters. The molecular weight excluding hydrogens is 656 g/mol. The Hall–Kier alpha value is -1.90. The molecule has 3 aliphatic rings. The Labute approximate surface area is 277 Å². The highest BCUT2D eigenvalue weighted by atomic mass is 32.2. The van der Waals surface area contributed by atoms with E-state index in [-0.39, 0.29) is 69.0 Å². The number of rotatable bonds is 15. The molecule has 0 radical (unpaired) electrons. The van der Waals surface area contributed by atoms with Gasteiger partial charge < -0.3 is 14.6 Å². The third kappa shape index (κ3) is 9.02. The Balaban J connectivity index is 1.49. The Morgan fingerprint density at radius 2 is 1.81 bits per heavy atom. The third-order valence-corrected chi connectivity index (χ3v) is 12.9. The van der Waals surface area contributed by atoms with Crippen LogP contribution in [0.2, 0.25) is 25.7 Å². The fourth-order valence-electron chi connectivity index (χ4n) is 6.25. The average molecular weight is 705 g/mol. The van der Waals surface area contributed by atoms with Crippen LogP contribution in [0.25, 0.3) is 11.0 Å². The number of aromatic nitrogens is 2. The molecule has 1 aromatic carbocycles. The van der Waals surface area contributed by atoms with Crippen LogP contribution in [0.3, 0.4) is 0 Å². The van der Waals surface area contributed by atoms with Gasteiger partial charge in [0, 0.05) is 33.9 Å². The van der Waals surface area contributed by atoms with Crippen LogP contribution in [0.15, 0.2) is 18.2 Å². The van der Waals surface area contributed by atoms with Gasteiger partial charge in [-0.05, 0) is 88.5 Å². The second-order valence-electron chi connectivity index (χ2n) is 16.2. The van der Waals surface area contributed by atoms with Crippen molar-refractivity contribution in [2.45, 2.75) is 133 Å². The van der Waals surface area contributed by atoms with Gasteiger partial charge in [-0.1, -0.05) is 25.7 Å². The van der Waals surface area contributed by atoms with Gasteiger partial charge in [-0.3, -0.25) is 4.79 Å². The number of fused-ring (bicyclic) bond motifs is 1. The van der Waals surface area contributed by atoms with Gasteiger partial charge in [0.2, 0.25) is 11.8 Å². The second kappa shape index (κ2) is 13.1. The molecule has 1 aromatic heterocycles. The normalized spacial score (nSPS) is 21.7. The maximum absolute atomic E-state index is 14.3. The molecule has 1 amide bonds. The third-order valence-electron chi connectivity index (χ3n) is 9.60. The van der Waals surface area contributed by atoms with Gasteiger partial charge in [0.25, 0.3) is 0 Å². The number of hydrogen-bond donors (Lipinski definition) is 2. The van der Waals surface area contributed by atoms with E-state index in [1.165, 1.54) is 0 Å². The molecule has 0 spiro atoms. The highest BCUT2D eigenvalue weighted by molar-refractivity contribution is 7.84. The van der Waals surface area contributed by atoms with E-state index in [2.05, 4.69) is 29.7 Å². The fourth-order valence-corrected chi connectivity index (χ4v) is 7.81. The van der Waals surface area contributed by atoms with Crippen LogP contribution in [0.4, 0.5) is 22.0 Å². The largest absolute Gasteiger partial charge is 0.394 e. The Bertz CT molecular complexity index is 1470. The number of amides is 1. The minimum atomic E-state index is -4.40. The number of benzene rings is 1. The van der Waals surface area contributed by atoms with Gasteiger partial charge in [-0.15, -0.1) is 0 Å². The molecule has 14 heteroatoms. The lowest BCUT2D eigenvalue weighted by Crippen LogP contribution is -2.39. The lowest BCUT2D eigenvalue weighted by molar-refractivity contribution is -0.190. The molecule has 2 aromatic rings. The van der Waals surface area contributed by atoms with E-state index in [0.29, 0.717) is 23.5 Å². The molecule has 2 N–H and O–H groups in total. The number of alkyl halides is 5. The minimum absolute atomic E-state index is 0.00911. The maximum atomic E-state index is 14.3. The Morgan fingerprint density at radius 1 is 1.15 bits per heavy atom. The molecule has 1 heterocycles. The van der Waals surface area contributed by atoms with Gasteiger partial charge in [0.15, 0.2) is 0 Å². The zero-order chi connectivity index (χ0) is 34.6. The Kier molecular flexibility index (Phi) is 10.1. The number of hydrogen-bond acceptors (Lipinski definition) is 4. The molecule has 3 fully saturated rings. The molecule has 0 bridgehead atoms. The summed E-state index contributed by atoms with van der Waals surface area (Å²) in [7, 11) is -3.10. The average Bonchev–Trinajstić information content (AvgIpc) is 3.84. The molecule has 5 rings (SSSR count). The zero-order valence-electron chi connectivity index (χ0n) is 28.2. The number of halogens is 5. The monoisotopic (exact) mass is 704 g/mol. The first-order chi connectivity index (χ1) is 21.7. The van der Waals surface area contributed by atoms with Crippen LogP contribution in [-0.2, 0) is 27.2 Å². The van der Waals surface area contributed by atoms with E-state index in [1.807, 2.05) is 12.1 Å². The number of carbonyl (C=O) groups is 1. The van der Waals surface area contributed by atoms with Gasteiger partial charge in [-0.2, -0.15) is 13.2 Å². The van der Waals surface area contributed by atoms with Crippen LogP contribution in [-0.4, -0.2) is 51.2 Å². The molecule has 47 heavy (non-hydrogen) atoms. The first kappa shape index (κ1) is 36.4. The number of carbonyl (C=O) groups excluding carboxylic acids is 1. The first-order valence-electron chi connectivity index (χ1n) is 16.7. The van der Waals surface area contributed by atoms with E-state index >= 15 is 0 Å². The molecule has 0 aliphatic heterocycles. The van der Waals surface area contributed by atoms with E-state index in [4.69, 9.17) is 9.72 Å². The van der Waals surface area contributed by atoms with Crippen LogP contribution in [0.5, 0.6) is 0 Å². The van der Waals surface area contributed by atoms with E-state index < -0.39 is 47.4 Å². The van der Waals surface area contributed by atoms with Crippen molar-refractivity contribution in [3.05, 3.63) is 29.6 Å². The molecule has 3 aliphatic carbocycles. The second-order valence-corrected chi connectivity index (χ2v) is 23.9. The summed E-state index contributed by atoms with van der Waals surface area (Å²) >= 11 is 0. The molecule has 3 saturated carbocycles. The van der Waals surface area contributed by atoms with E-state index in [9.17, 15) is 31.0 Å².